The Kier molecular flexibility index (Phi) is 4.64. The van der Waals surface area contributed by atoms with Crippen LogP contribution in [0.4, 0.5) is 0 Å². The lowest BCUT2D eigenvalue weighted by Gasteiger charge is -2.24. The summed E-state index contributed by atoms with van der Waals surface area (Å²) in [5.41, 5.74) is 16.3. The van der Waals surface area contributed by atoms with Gasteiger partial charge in [0, 0.05) is 16.3 Å². The van der Waals surface area contributed by atoms with E-state index in [4.69, 9.17) is 0 Å². The number of aromatic nitrogens is 1. The molecule has 0 bridgehead atoms. The summed E-state index contributed by atoms with van der Waals surface area (Å²) < 4.78 is 2.48. The van der Waals surface area contributed by atoms with Crippen molar-refractivity contribution >= 4 is 50.4 Å². The molecule has 0 fully saturated rings. The van der Waals surface area contributed by atoms with E-state index in [1.54, 1.807) is 0 Å². The standard InChI is InChI=1S/C32H30BN/c1-19-14-21(3)31(22(4)15-19)33(32-23(5)16-20(2)17-24(32)6)27-18-30-26-11-8-7-10-25(26)28-12-9-13-29(27)34(28)30/h7-18H,1-6H3. The SMILES string of the molecule is Cc1cc(C)c(B(c2c(C)cc(C)cc2C)c2cc3c4ccccc4c4cccc2n43)c(C)c1. The summed E-state index contributed by atoms with van der Waals surface area (Å²) in [6.07, 6.45) is 0. The van der Waals surface area contributed by atoms with Gasteiger partial charge in [-0.2, -0.15) is 0 Å². The molecule has 0 aliphatic heterocycles. The van der Waals surface area contributed by atoms with Gasteiger partial charge in [-0.05, 0) is 65.2 Å². The Morgan fingerprint density at radius 1 is 0.500 bits per heavy atom. The second-order valence-electron chi connectivity index (χ2n) is 10.2. The molecule has 0 radical (unpaired) electrons. The number of benzene rings is 3. The Morgan fingerprint density at radius 2 is 0.971 bits per heavy atom. The zero-order valence-corrected chi connectivity index (χ0v) is 21.0. The third-order valence-corrected chi connectivity index (χ3v) is 7.66. The van der Waals surface area contributed by atoms with Crippen molar-refractivity contribution in [2.45, 2.75) is 41.5 Å². The topological polar surface area (TPSA) is 4.41 Å². The molecule has 1 nitrogen and oxygen atoms in total. The van der Waals surface area contributed by atoms with Crippen LogP contribution in [-0.4, -0.2) is 11.1 Å². The summed E-state index contributed by atoms with van der Waals surface area (Å²) in [6, 6.07) is 27.4. The molecule has 3 heterocycles. The molecule has 0 saturated heterocycles. The van der Waals surface area contributed by atoms with Gasteiger partial charge in [0.15, 0.2) is 0 Å². The Balaban J connectivity index is 1.76. The predicted octanol–water partition coefficient (Wildman–Crippen LogP) is 6.05. The first-order valence-corrected chi connectivity index (χ1v) is 12.2. The zero-order valence-electron chi connectivity index (χ0n) is 21.0. The Labute approximate surface area is 202 Å². The molecule has 0 amide bonds. The smallest absolute Gasteiger partial charge is 0.245 e. The van der Waals surface area contributed by atoms with Crippen molar-refractivity contribution in [1.82, 2.24) is 4.40 Å². The van der Waals surface area contributed by atoms with E-state index in [0.717, 1.165) is 0 Å². The maximum absolute atomic E-state index is 2.48. The molecule has 0 spiro atoms. The van der Waals surface area contributed by atoms with E-state index in [1.807, 2.05) is 0 Å². The largest absolute Gasteiger partial charge is 0.310 e. The van der Waals surface area contributed by atoms with Crippen molar-refractivity contribution in [2.24, 2.45) is 0 Å². The second-order valence-corrected chi connectivity index (χ2v) is 10.2. The van der Waals surface area contributed by atoms with E-state index in [2.05, 4.69) is 119 Å². The van der Waals surface area contributed by atoms with Crippen LogP contribution in [0.3, 0.4) is 0 Å². The van der Waals surface area contributed by atoms with Crippen LogP contribution < -0.4 is 16.4 Å². The second kappa shape index (κ2) is 7.50. The van der Waals surface area contributed by atoms with E-state index < -0.39 is 0 Å². The minimum atomic E-state index is 0.186. The predicted molar refractivity (Wildman–Crippen MR) is 150 cm³/mol. The van der Waals surface area contributed by atoms with Gasteiger partial charge in [0.2, 0.25) is 6.71 Å². The highest BCUT2D eigenvalue weighted by Gasteiger charge is 2.31. The summed E-state index contributed by atoms with van der Waals surface area (Å²) in [7, 11) is 0. The van der Waals surface area contributed by atoms with Gasteiger partial charge in [-0.1, -0.05) is 98.9 Å². The van der Waals surface area contributed by atoms with Crippen molar-refractivity contribution in [2.75, 3.05) is 0 Å². The number of hydrogen-bond donors (Lipinski definition) is 0. The van der Waals surface area contributed by atoms with E-state index in [-0.39, 0.29) is 6.71 Å². The van der Waals surface area contributed by atoms with Crippen molar-refractivity contribution in [3.63, 3.8) is 0 Å². The molecule has 6 rings (SSSR count). The van der Waals surface area contributed by atoms with Gasteiger partial charge in [0.05, 0.1) is 11.0 Å². The van der Waals surface area contributed by atoms with Gasteiger partial charge in [-0.25, -0.2) is 0 Å². The number of pyridine rings is 1. The Morgan fingerprint density at radius 3 is 1.50 bits per heavy atom. The maximum atomic E-state index is 2.48. The maximum Gasteiger partial charge on any atom is 0.245 e. The molecule has 0 saturated carbocycles. The first-order chi connectivity index (χ1) is 16.3. The third-order valence-electron chi connectivity index (χ3n) is 7.66. The van der Waals surface area contributed by atoms with Crippen LogP contribution in [-0.2, 0) is 0 Å². The quantitative estimate of drug-likeness (QED) is 0.296. The fraction of sp³-hybridized carbons (Fsp3) is 0.188. The zero-order chi connectivity index (χ0) is 23.7. The van der Waals surface area contributed by atoms with Crippen LogP contribution in [0, 0.1) is 41.5 Å². The molecular formula is C32H30BN. The molecule has 34 heavy (non-hydrogen) atoms. The van der Waals surface area contributed by atoms with E-state index in [0.29, 0.717) is 0 Å². The minimum absolute atomic E-state index is 0.186. The minimum Gasteiger partial charge on any atom is -0.310 e. The van der Waals surface area contributed by atoms with Crippen molar-refractivity contribution in [3.05, 3.63) is 106 Å². The van der Waals surface area contributed by atoms with E-state index >= 15 is 0 Å². The Hall–Kier alpha value is -3.52. The molecule has 2 heteroatoms. The summed E-state index contributed by atoms with van der Waals surface area (Å²) in [5.74, 6) is 0. The van der Waals surface area contributed by atoms with Crippen LogP contribution in [0.15, 0.2) is 72.8 Å². The van der Waals surface area contributed by atoms with Crippen molar-refractivity contribution in [1.29, 1.82) is 0 Å². The number of hydrogen-bond acceptors (Lipinski definition) is 0. The van der Waals surface area contributed by atoms with Crippen LogP contribution in [0.1, 0.15) is 33.4 Å². The van der Waals surface area contributed by atoms with Gasteiger partial charge in [-0.15, -0.1) is 0 Å². The normalized spacial score (nSPS) is 11.8. The first-order valence-electron chi connectivity index (χ1n) is 12.2. The highest BCUT2D eigenvalue weighted by molar-refractivity contribution is 6.97. The van der Waals surface area contributed by atoms with Gasteiger partial charge in [0.1, 0.15) is 0 Å². The lowest BCUT2D eigenvalue weighted by Crippen LogP contribution is -2.55. The lowest BCUT2D eigenvalue weighted by atomic mass is 9.34. The van der Waals surface area contributed by atoms with Gasteiger partial charge in [0.25, 0.3) is 0 Å². The average molecular weight is 439 g/mol. The number of aryl methyl sites for hydroxylation is 6. The number of nitrogens with zero attached hydrogens (tertiary/aromatic N) is 1. The fourth-order valence-corrected chi connectivity index (χ4v) is 6.60. The van der Waals surface area contributed by atoms with Gasteiger partial charge < -0.3 is 4.40 Å². The molecule has 3 aromatic carbocycles. The highest BCUT2D eigenvalue weighted by atomic mass is 14.9. The molecular weight excluding hydrogens is 409 g/mol. The first kappa shape index (κ1) is 21.0. The third kappa shape index (κ3) is 2.94. The Bertz CT molecular complexity index is 1620. The average Bonchev–Trinajstić information content (AvgIpc) is 3.31. The molecule has 6 aromatic rings. The molecule has 3 aromatic heterocycles. The van der Waals surface area contributed by atoms with Gasteiger partial charge in [-0.3, -0.25) is 0 Å². The van der Waals surface area contributed by atoms with E-state index in [1.165, 1.54) is 77.1 Å². The summed E-state index contributed by atoms with van der Waals surface area (Å²) >= 11 is 0. The van der Waals surface area contributed by atoms with E-state index in [9.17, 15) is 0 Å². The fourth-order valence-electron chi connectivity index (χ4n) is 6.60. The van der Waals surface area contributed by atoms with Crippen LogP contribution in [0.2, 0.25) is 0 Å². The summed E-state index contributed by atoms with van der Waals surface area (Å²) in [5, 5.41) is 2.66. The van der Waals surface area contributed by atoms with Crippen LogP contribution in [0.5, 0.6) is 0 Å². The van der Waals surface area contributed by atoms with Crippen LogP contribution >= 0.6 is 0 Å². The molecule has 0 aliphatic rings. The highest BCUT2D eigenvalue weighted by Crippen LogP contribution is 2.31. The molecule has 0 atom stereocenters. The molecule has 0 unspecified atom stereocenters. The lowest BCUT2D eigenvalue weighted by molar-refractivity contribution is 1.34. The molecule has 0 N–H and O–H groups in total. The number of rotatable bonds is 3. The van der Waals surface area contributed by atoms with Crippen molar-refractivity contribution in [3.8, 4) is 0 Å². The summed E-state index contributed by atoms with van der Waals surface area (Å²) in [6.45, 7) is 13.7. The summed E-state index contributed by atoms with van der Waals surface area (Å²) in [4.78, 5) is 0. The van der Waals surface area contributed by atoms with Crippen LogP contribution in [0.25, 0.3) is 27.3 Å². The number of fused-ring (bicyclic) bond motifs is 3. The van der Waals surface area contributed by atoms with Gasteiger partial charge >= 0.3 is 0 Å². The monoisotopic (exact) mass is 439 g/mol. The van der Waals surface area contributed by atoms with Crippen molar-refractivity contribution < 1.29 is 0 Å². The molecule has 166 valence electrons. The molecule has 0 aliphatic carbocycles.